The van der Waals surface area contributed by atoms with Gasteiger partial charge in [-0.15, -0.1) is 0 Å². The molecule has 4 aliphatic rings. The van der Waals surface area contributed by atoms with Crippen molar-refractivity contribution >= 4 is 6.29 Å². The van der Waals surface area contributed by atoms with Gasteiger partial charge in [-0.1, -0.05) is 32.4 Å². The molecule has 2 saturated carbocycles. The minimum atomic E-state index is -0.409. The van der Waals surface area contributed by atoms with Gasteiger partial charge in [-0.25, -0.2) is 0 Å². The van der Waals surface area contributed by atoms with E-state index < -0.39 is 5.79 Å². The molecule has 0 aromatic heterocycles. The first-order chi connectivity index (χ1) is 10.9. The lowest BCUT2D eigenvalue weighted by Crippen LogP contribution is -2.62. The summed E-state index contributed by atoms with van der Waals surface area (Å²) < 4.78 is 12.3. The maximum atomic E-state index is 12.1. The first kappa shape index (κ1) is 15.8. The van der Waals surface area contributed by atoms with E-state index in [1.165, 1.54) is 11.9 Å². The van der Waals surface area contributed by atoms with Gasteiger partial charge in [0.05, 0.1) is 13.2 Å². The van der Waals surface area contributed by atoms with Crippen LogP contribution in [0.5, 0.6) is 0 Å². The molecule has 1 spiro atoms. The largest absolute Gasteiger partial charge is 0.347 e. The molecule has 3 nitrogen and oxygen atoms in total. The highest BCUT2D eigenvalue weighted by molar-refractivity contribution is 5.67. The van der Waals surface area contributed by atoms with Gasteiger partial charge in [0.15, 0.2) is 5.79 Å². The maximum absolute atomic E-state index is 12.1. The summed E-state index contributed by atoms with van der Waals surface area (Å²) in [4.78, 5) is 12.1. The molecule has 1 saturated heterocycles. The van der Waals surface area contributed by atoms with Crippen LogP contribution in [0.3, 0.4) is 0 Å². The van der Waals surface area contributed by atoms with Crippen LogP contribution in [0.4, 0.5) is 0 Å². The molecule has 1 unspecified atom stereocenters. The number of rotatable bonds is 1. The molecule has 1 heterocycles. The molecule has 3 aliphatic carbocycles. The Morgan fingerprint density at radius 3 is 2.52 bits per heavy atom. The number of hydrogen-bond acceptors (Lipinski definition) is 3. The van der Waals surface area contributed by atoms with Gasteiger partial charge in [0, 0.05) is 17.3 Å². The zero-order valence-electron chi connectivity index (χ0n) is 14.8. The molecule has 0 radical (unpaired) electrons. The summed E-state index contributed by atoms with van der Waals surface area (Å²) in [5.74, 6) is 0.104. The van der Waals surface area contributed by atoms with Crippen molar-refractivity contribution in [2.24, 2.45) is 22.2 Å². The lowest BCUT2D eigenvalue weighted by molar-refractivity contribution is -0.284. The van der Waals surface area contributed by atoms with Crippen molar-refractivity contribution in [3.05, 3.63) is 11.6 Å². The van der Waals surface area contributed by atoms with Crippen molar-refractivity contribution in [3.8, 4) is 0 Å². The van der Waals surface area contributed by atoms with E-state index in [0.717, 1.165) is 44.9 Å². The minimum Gasteiger partial charge on any atom is -0.347 e. The van der Waals surface area contributed by atoms with Gasteiger partial charge in [-0.2, -0.15) is 0 Å². The van der Waals surface area contributed by atoms with Gasteiger partial charge in [0.25, 0.3) is 0 Å². The predicted molar refractivity (Wildman–Crippen MR) is 88.9 cm³/mol. The van der Waals surface area contributed by atoms with Crippen molar-refractivity contribution in [2.75, 3.05) is 13.2 Å². The fraction of sp³-hybridized carbons (Fsp3) is 0.850. The number of aldehydes is 1. The molecule has 3 heteroatoms. The van der Waals surface area contributed by atoms with Gasteiger partial charge in [0.1, 0.15) is 6.29 Å². The van der Waals surface area contributed by atoms with Crippen LogP contribution < -0.4 is 0 Å². The number of carbonyl (C=O) groups excluding carboxylic acids is 1. The second kappa shape index (κ2) is 4.92. The van der Waals surface area contributed by atoms with Crippen LogP contribution in [0.25, 0.3) is 0 Å². The third kappa shape index (κ3) is 1.87. The molecule has 128 valence electrons. The van der Waals surface area contributed by atoms with Crippen molar-refractivity contribution in [3.63, 3.8) is 0 Å². The molecular weight excluding hydrogens is 288 g/mol. The Hall–Kier alpha value is -0.670. The highest BCUT2D eigenvalue weighted by atomic mass is 16.7. The molecular formula is C20H30O3. The summed E-state index contributed by atoms with van der Waals surface area (Å²) in [6.45, 7) is 8.51. The highest BCUT2D eigenvalue weighted by Gasteiger charge is 2.66. The minimum absolute atomic E-state index is 0.0240. The molecule has 0 bridgehead atoms. The molecule has 3 atom stereocenters. The molecule has 1 aliphatic heterocycles. The number of ether oxygens (including phenoxy) is 2. The average Bonchev–Trinajstić information content (AvgIpc) is 3.03. The lowest BCUT2D eigenvalue weighted by atomic mass is 9.43. The molecule has 0 amide bonds. The zero-order valence-corrected chi connectivity index (χ0v) is 14.8. The second-order valence-electron chi connectivity index (χ2n) is 8.96. The summed E-state index contributed by atoms with van der Waals surface area (Å²) in [6.07, 6.45) is 11.1. The van der Waals surface area contributed by atoms with Crippen LogP contribution in [0.15, 0.2) is 11.6 Å². The van der Waals surface area contributed by atoms with E-state index in [1.54, 1.807) is 0 Å². The summed E-state index contributed by atoms with van der Waals surface area (Å²) in [5.41, 5.74) is 1.36. The van der Waals surface area contributed by atoms with Crippen LogP contribution in [-0.2, 0) is 14.3 Å². The van der Waals surface area contributed by atoms with E-state index in [-0.39, 0.29) is 16.2 Å². The molecule has 0 aromatic rings. The fourth-order valence-electron chi connectivity index (χ4n) is 6.60. The number of fused-ring (bicyclic) bond motifs is 3. The van der Waals surface area contributed by atoms with Crippen molar-refractivity contribution in [2.45, 2.75) is 71.5 Å². The van der Waals surface area contributed by atoms with Gasteiger partial charge in [-0.3, -0.25) is 0 Å². The first-order valence-electron chi connectivity index (χ1n) is 9.36. The van der Waals surface area contributed by atoms with Crippen molar-refractivity contribution in [1.82, 2.24) is 0 Å². The van der Waals surface area contributed by atoms with Crippen LogP contribution in [0.1, 0.15) is 65.7 Å². The van der Waals surface area contributed by atoms with Crippen molar-refractivity contribution in [1.29, 1.82) is 0 Å². The van der Waals surface area contributed by atoms with Crippen molar-refractivity contribution < 1.29 is 14.3 Å². The molecule has 0 aromatic carbocycles. The quantitative estimate of drug-likeness (QED) is 0.535. The Balaban J connectivity index is 1.78. The Labute approximate surface area is 139 Å². The topological polar surface area (TPSA) is 35.5 Å². The standard InChI is InChI=1S/C20H30O3/c1-17(2)15-7-9-19(14-21)8-5-4-6-16(19)18(15,3)10-11-20(17)22-12-13-23-20/h6,14-15H,4-5,7-13H2,1-3H3/t15-,18?,19+/m0/s1. The van der Waals surface area contributed by atoms with E-state index in [9.17, 15) is 4.79 Å². The van der Waals surface area contributed by atoms with E-state index in [1.807, 2.05) is 0 Å². The van der Waals surface area contributed by atoms with Gasteiger partial charge in [-0.05, 0) is 49.9 Å². The van der Waals surface area contributed by atoms with E-state index in [2.05, 4.69) is 26.8 Å². The Morgan fingerprint density at radius 1 is 1.09 bits per heavy atom. The number of hydrogen-bond donors (Lipinski definition) is 0. The number of allylic oxidation sites excluding steroid dienone is 2. The summed E-state index contributed by atoms with van der Waals surface area (Å²) in [6, 6.07) is 0. The first-order valence-corrected chi connectivity index (χ1v) is 9.36. The average molecular weight is 318 g/mol. The Morgan fingerprint density at radius 2 is 1.83 bits per heavy atom. The molecule has 3 fully saturated rings. The van der Waals surface area contributed by atoms with E-state index in [4.69, 9.17) is 9.47 Å². The normalized spacial score (nSPS) is 44.3. The molecule has 0 N–H and O–H groups in total. The Bertz CT molecular complexity index is 543. The monoisotopic (exact) mass is 318 g/mol. The van der Waals surface area contributed by atoms with Crippen LogP contribution in [0, 0.1) is 22.2 Å². The SMILES string of the molecule is CC12CCC3(OCCO3)C(C)(C)[C@@H]1CC[C@@]1(C=O)CCCC=C21. The predicted octanol–water partition coefficient (Wildman–Crippen LogP) is 4.26. The zero-order chi connectivity index (χ0) is 16.3. The van der Waals surface area contributed by atoms with Gasteiger partial charge in [0.2, 0.25) is 0 Å². The third-order valence-corrected chi connectivity index (χ3v) is 7.78. The van der Waals surface area contributed by atoms with Crippen LogP contribution in [0.2, 0.25) is 0 Å². The van der Waals surface area contributed by atoms with Crippen LogP contribution in [-0.4, -0.2) is 25.3 Å². The summed E-state index contributed by atoms with van der Waals surface area (Å²) in [7, 11) is 0. The second-order valence-corrected chi connectivity index (χ2v) is 8.96. The van der Waals surface area contributed by atoms with Gasteiger partial charge < -0.3 is 14.3 Å². The van der Waals surface area contributed by atoms with Gasteiger partial charge >= 0.3 is 0 Å². The highest BCUT2D eigenvalue weighted by Crippen LogP contribution is 2.68. The summed E-state index contributed by atoms with van der Waals surface area (Å²) in [5, 5.41) is 0. The van der Waals surface area contributed by atoms with Crippen LogP contribution >= 0.6 is 0 Å². The Kier molecular flexibility index (Phi) is 3.39. The maximum Gasteiger partial charge on any atom is 0.173 e. The molecule has 23 heavy (non-hydrogen) atoms. The number of carbonyl (C=O) groups is 1. The smallest absolute Gasteiger partial charge is 0.173 e. The summed E-state index contributed by atoms with van der Waals surface area (Å²) >= 11 is 0. The fourth-order valence-corrected chi connectivity index (χ4v) is 6.60. The van der Waals surface area contributed by atoms with E-state index >= 15 is 0 Å². The van der Waals surface area contributed by atoms with E-state index in [0.29, 0.717) is 19.1 Å². The lowest BCUT2D eigenvalue weighted by Gasteiger charge is -2.63. The molecule has 4 rings (SSSR count). The third-order valence-electron chi connectivity index (χ3n) is 7.78.